The van der Waals surface area contributed by atoms with E-state index in [1.165, 1.54) is 37.4 Å². The van der Waals surface area contributed by atoms with Crippen LogP contribution in [-0.4, -0.2) is 81.4 Å². The van der Waals surface area contributed by atoms with Crippen molar-refractivity contribution in [1.29, 1.82) is 0 Å². The highest BCUT2D eigenvalue weighted by molar-refractivity contribution is 8.13. The van der Waals surface area contributed by atoms with Gasteiger partial charge in [0.05, 0.1) is 18.8 Å². The fraction of sp³-hybridized carbons (Fsp3) is 1.00. The standard InChI is InChI=1S/C20H40N8O3S2/c21-7-13-6-12-5-11(1-3-15(12)26-13)9-31-19-17-18(25-10-24-17)27-20(28-19)23-8-14-2-4-16(32-14)33(22,29)30/h11-20,23-28H,1-10,21H2,(H2,22,29,30)/t11-,12+,13-,14?,15-,16?,17?,18?,19?,20?/m0/s1. The highest BCUT2D eigenvalue weighted by Gasteiger charge is 2.42. The predicted molar refractivity (Wildman–Crippen MR) is 129 cm³/mol. The summed E-state index contributed by atoms with van der Waals surface area (Å²) in [7, 11) is -3.47. The molecule has 6 unspecified atom stereocenters. The molecule has 190 valence electrons. The van der Waals surface area contributed by atoms with Gasteiger partial charge in [-0.05, 0) is 50.4 Å². The molecule has 11 nitrogen and oxygen atoms in total. The van der Waals surface area contributed by atoms with Crippen LogP contribution in [0.5, 0.6) is 0 Å². The van der Waals surface area contributed by atoms with Crippen LogP contribution in [-0.2, 0) is 14.8 Å². The summed E-state index contributed by atoms with van der Waals surface area (Å²) in [5, 5.41) is 26.8. The lowest BCUT2D eigenvalue weighted by Gasteiger charge is -2.41. The quantitative estimate of drug-likeness (QED) is 0.182. The van der Waals surface area contributed by atoms with Crippen molar-refractivity contribution in [3.63, 3.8) is 0 Å². The summed E-state index contributed by atoms with van der Waals surface area (Å²) < 4.78 is 29.2. The minimum absolute atomic E-state index is 0.103. The topological polar surface area (TPSA) is 168 Å². The minimum atomic E-state index is -3.47. The second-order valence-electron chi connectivity index (χ2n) is 10.3. The molecule has 5 rings (SSSR count). The normalized spacial score (nSPS) is 45.8. The molecule has 0 spiro atoms. The maximum atomic E-state index is 11.6. The summed E-state index contributed by atoms with van der Waals surface area (Å²) >= 11 is 1.46. The van der Waals surface area contributed by atoms with Crippen molar-refractivity contribution < 1.29 is 13.2 Å². The lowest BCUT2D eigenvalue weighted by Crippen LogP contribution is -2.73. The Labute approximate surface area is 201 Å². The van der Waals surface area contributed by atoms with E-state index in [9.17, 15) is 8.42 Å². The number of hydrogen-bond donors (Lipinski definition) is 8. The molecule has 5 aliphatic rings. The average Bonchev–Trinajstić information content (AvgIpc) is 3.54. The zero-order chi connectivity index (χ0) is 23.0. The smallest absolute Gasteiger partial charge is 0.221 e. The molecule has 0 radical (unpaired) electrons. The van der Waals surface area contributed by atoms with Gasteiger partial charge < -0.3 is 15.8 Å². The molecular weight excluding hydrogens is 464 g/mol. The van der Waals surface area contributed by atoms with E-state index >= 15 is 0 Å². The van der Waals surface area contributed by atoms with Gasteiger partial charge in [-0.2, -0.15) is 0 Å². The second-order valence-corrected chi connectivity index (χ2v) is 13.8. The van der Waals surface area contributed by atoms with E-state index in [1.807, 2.05) is 0 Å². The summed E-state index contributed by atoms with van der Waals surface area (Å²) in [5.41, 5.74) is 5.88. The number of nitrogens with two attached hydrogens (primary N) is 2. The Morgan fingerprint density at radius 2 is 1.94 bits per heavy atom. The van der Waals surface area contributed by atoms with Crippen LogP contribution >= 0.6 is 11.8 Å². The van der Waals surface area contributed by atoms with Gasteiger partial charge in [0, 0.05) is 37.1 Å². The summed E-state index contributed by atoms with van der Waals surface area (Å²) in [4.78, 5) is 0. The van der Waals surface area contributed by atoms with Crippen LogP contribution < -0.4 is 42.8 Å². The number of rotatable bonds is 8. The average molecular weight is 505 g/mol. The lowest BCUT2D eigenvalue weighted by molar-refractivity contribution is -0.0550. The molecule has 33 heavy (non-hydrogen) atoms. The molecule has 1 saturated carbocycles. The first-order valence-corrected chi connectivity index (χ1v) is 14.9. The van der Waals surface area contributed by atoms with E-state index in [0.717, 1.165) is 32.2 Å². The highest BCUT2D eigenvalue weighted by Crippen LogP contribution is 2.37. The molecule has 4 saturated heterocycles. The van der Waals surface area contributed by atoms with E-state index in [-0.39, 0.29) is 30.0 Å². The molecule has 4 heterocycles. The molecule has 4 aliphatic heterocycles. The zero-order valence-electron chi connectivity index (χ0n) is 19.0. The number of primary sulfonamides is 1. The lowest BCUT2D eigenvalue weighted by atomic mass is 9.78. The van der Waals surface area contributed by atoms with Crippen LogP contribution in [0, 0.1) is 11.8 Å². The van der Waals surface area contributed by atoms with Gasteiger partial charge in [0.25, 0.3) is 0 Å². The number of hydrogen-bond acceptors (Lipinski definition) is 11. The first-order valence-electron chi connectivity index (χ1n) is 12.4. The molecule has 0 amide bonds. The van der Waals surface area contributed by atoms with Crippen molar-refractivity contribution in [3.8, 4) is 0 Å². The fourth-order valence-corrected chi connectivity index (χ4v) is 8.91. The highest BCUT2D eigenvalue weighted by atomic mass is 32.3. The summed E-state index contributed by atoms with van der Waals surface area (Å²) in [6.07, 6.45) is 6.18. The van der Waals surface area contributed by atoms with Gasteiger partial charge in [-0.3, -0.25) is 26.6 Å². The SMILES string of the molecule is NC[C@@H]1C[C@H]2C[C@@H](COC3NC(NCC4CCC(S(N)(=O)=O)S4)NC4NCNC43)CC[C@@H]2N1. The number of fused-ring (bicyclic) bond motifs is 2. The van der Waals surface area contributed by atoms with Crippen molar-refractivity contribution in [2.24, 2.45) is 22.7 Å². The third-order valence-electron chi connectivity index (χ3n) is 7.93. The first kappa shape index (κ1) is 24.6. The van der Waals surface area contributed by atoms with Crippen LogP contribution in [0.3, 0.4) is 0 Å². The molecule has 10 atom stereocenters. The molecule has 10 N–H and O–H groups in total. The Morgan fingerprint density at radius 1 is 1.06 bits per heavy atom. The van der Waals surface area contributed by atoms with E-state index in [0.29, 0.717) is 31.0 Å². The van der Waals surface area contributed by atoms with Gasteiger partial charge in [0.15, 0.2) is 0 Å². The third kappa shape index (κ3) is 5.85. The van der Waals surface area contributed by atoms with E-state index in [1.54, 1.807) is 0 Å². The van der Waals surface area contributed by atoms with Crippen LogP contribution in [0.1, 0.15) is 38.5 Å². The van der Waals surface area contributed by atoms with E-state index in [2.05, 4.69) is 31.9 Å². The van der Waals surface area contributed by atoms with Crippen molar-refractivity contribution in [2.75, 3.05) is 26.4 Å². The Morgan fingerprint density at radius 3 is 2.73 bits per heavy atom. The van der Waals surface area contributed by atoms with Crippen LogP contribution in [0.25, 0.3) is 0 Å². The molecule has 0 aromatic heterocycles. The minimum Gasteiger partial charge on any atom is -0.361 e. The number of ether oxygens (including phenoxy) is 1. The first-order chi connectivity index (χ1) is 15.9. The van der Waals surface area contributed by atoms with Crippen LogP contribution in [0.4, 0.5) is 0 Å². The van der Waals surface area contributed by atoms with Gasteiger partial charge in [-0.1, -0.05) is 0 Å². The predicted octanol–water partition coefficient (Wildman–Crippen LogP) is -2.14. The Hall–Kier alpha value is -0.0600. The largest absolute Gasteiger partial charge is 0.361 e. The fourth-order valence-electron chi connectivity index (χ4n) is 6.19. The van der Waals surface area contributed by atoms with Crippen molar-refractivity contribution in [2.45, 2.75) is 85.2 Å². The molecule has 0 aromatic rings. The molecular formula is C20H40N8O3S2. The summed E-state index contributed by atoms with van der Waals surface area (Å²) in [6.45, 7) is 2.94. The van der Waals surface area contributed by atoms with Gasteiger partial charge in [0.2, 0.25) is 10.0 Å². The van der Waals surface area contributed by atoms with Gasteiger partial charge >= 0.3 is 0 Å². The van der Waals surface area contributed by atoms with Gasteiger partial charge in [-0.25, -0.2) is 13.6 Å². The van der Waals surface area contributed by atoms with Gasteiger partial charge in [0.1, 0.15) is 17.1 Å². The monoisotopic (exact) mass is 504 g/mol. The molecule has 0 aromatic carbocycles. The van der Waals surface area contributed by atoms with Crippen LogP contribution in [0.2, 0.25) is 0 Å². The molecule has 0 bridgehead atoms. The molecule has 13 heteroatoms. The molecule has 5 fully saturated rings. The van der Waals surface area contributed by atoms with Gasteiger partial charge in [-0.15, -0.1) is 11.8 Å². The second kappa shape index (κ2) is 10.5. The van der Waals surface area contributed by atoms with Crippen molar-refractivity contribution in [1.82, 2.24) is 31.9 Å². The van der Waals surface area contributed by atoms with Crippen LogP contribution in [0.15, 0.2) is 0 Å². The Balaban J connectivity index is 1.10. The molecule has 1 aliphatic carbocycles. The third-order valence-corrected chi connectivity index (χ3v) is 11.4. The summed E-state index contributed by atoms with van der Waals surface area (Å²) in [5.74, 6) is 1.31. The Kier molecular flexibility index (Phi) is 7.84. The van der Waals surface area contributed by atoms with Crippen molar-refractivity contribution >= 4 is 21.8 Å². The number of nitrogens with one attached hydrogen (secondary N) is 6. The number of sulfonamides is 1. The summed E-state index contributed by atoms with van der Waals surface area (Å²) in [6, 6.07) is 1.26. The maximum Gasteiger partial charge on any atom is 0.221 e. The maximum absolute atomic E-state index is 11.6. The Bertz CT molecular complexity index is 776. The van der Waals surface area contributed by atoms with Crippen molar-refractivity contribution in [3.05, 3.63) is 0 Å². The van der Waals surface area contributed by atoms with E-state index in [4.69, 9.17) is 15.6 Å². The van der Waals surface area contributed by atoms with E-state index < -0.39 is 14.6 Å². The zero-order valence-corrected chi connectivity index (χ0v) is 20.7. The number of thioether (sulfide) groups is 1.